The lowest BCUT2D eigenvalue weighted by atomic mass is 9.93. The van der Waals surface area contributed by atoms with Crippen molar-refractivity contribution in [2.24, 2.45) is 0 Å². The molecule has 33 heavy (non-hydrogen) atoms. The Bertz CT molecular complexity index is 1610. The van der Waals surface area contributed by atoms with Gasteiger partial charge in [0.1, 0.15) is 5.15 Å². The van der Waals surface area contributed by atoms with Gasteiger partial charge in [-0.3, -0.25) is 0 Å². The Labute approximate surface area is 197 Å². The van der Waals surface area contributed by atoms with E-state index < -0.39 is 0 Å². The summed E-state index contributed by atoms with van der Waals surface area (Å²) in [7, 11) is 0. The number of hydrogen-bond donors (Lipinski definition) is 0. The van der Waals surface area contributed by atoms with Crippen LogP contribution >= 0.6 is 11.6 Å². The molecule has 0 saturated heterocycles. The summed E-state index contributed by atoms with van der Waals surface area (Å²) >= 11 is 6.35. The molecular formula is C30H19ClN2. The van der Waals surface area contributed by atoms with Gasteiger partial charge in [-0.05, 0) is 38.7 Å². The largest absolute Gasteiger partial charge is 0.228 e. The van der Waals surface area contributed by atoms with Gasteiger partial charge in [0.05, 0.1) is 5.69 Å². The van der Waals surface area contributed by atoms with Crippen LogP contribution in [0.2, 0.25) is 5.15 Å². The molecular weight excluding hydrogens is 424 g/mol. The third kappa shape index (κ3) is 3.65. The highest BCUT2D eigenvalue weighted by atomic mass is 35.5. The summed E-state index contributed by atoms with van der Waals surface area (Å²) in [6.45, 7) is 0. The van der Waals surface area contributed by atoms with Gasteiger partial charge in [-0.15, -0.1) is 0 Å². The molecule has 2 nitrogen and oxygen atoms in total. The number of hydrogen-bond acceptors (Lipinski definition) is 2. The average Bonchev–Trinajstić information content (AvgIpc) is 2.88. The lowest BCUT2D eigenvalue weighted by Gasteiger charge is -2.12. The minimum Gasteiger partial charge on any atom is -0.228 e. The molecule has 0 aliphatic heterocycles. The molecule has 156 valence electrons. The predicted molar refractivity (Wildman–Crippen MR) is 138 cm³/mol. The predicted octanol–water partition coefficient (Wildman–Crippen LogP) is 8.44. The fourth-order valence-corrected chi connectivity index (χ4v) is 4.58. The number of nitrogens with zero attached hydrogens (tertiary/aromatic N) is 2. The van der Waals surface area contributed by atoms with Gasteiger partial charge in [-0.25, -0.2) is 9.97 Å². The zero-order valence-electron chi connectivity index (χ0n) is 17.7. The van der Waals surface area contributed by atoms with Crippen LogP contribution in [-0.2, 0) is 0 Å². The van der Waals surface area contributed by atoms with Crippen molar-refractivity contribution < 1.29 is 0 Å². The van der Waals surface area contributed by atoms with E-state index in [4.69, 9.17) is 16.6 Å². The van der Waals surface area contributed by atoms with Crippen LogP contribution in [0.25, 0.3) is 55.3 Å². The van der Waals surface area contributed by atoms with Gasteiger partial charge in [0.2, 0.25) is 0 Å². The van der Waals surface area contributed by atoms with Gasteiger partial charge in [-0.1, -0.05) is 115 Å². The van der Waals surface area contributed by atoms with Crippen molar-refractivity contribution in [3.63, 3.8) is 0 Å². The maximum Gasteiger partial charge on any atom is 0.161 e. The Morgan fingerprint density at radius 1 is 0.485 bits per heavy atom. The first kappa shape index (κ1) is 19.7. The topological polar surface area (TPSA) is 25.8 Å². The SMILES string of the molecule is Clc1cc(-c2ccc(-c3cc4ccccc4c4ccccc34)cc2)nc(-c2ccccc2)n1. The molecule has 0 saturated carbocycles. The molecule has 0 unspecified atom stereocenters. The Morgan fingerprint density at radius 2 is 1.12 bits per heavy atom. The molecule has 0 spiro atoms. The van der Waals surface area contributed by atoms with E-state index in [1.54, 1.807) is 0 Å². The molecule has 0 aliphatic carbocycles. The Kier molecular flexibility index (Phi) is 4.86. The standard InChI is InChI=1S/C30H19ClN2/c31-29-19-28(32-30(33-29)22-8-2-1-3-9-22)21-16-14-20(15-17-21)27-18-23-10-4-5-11-24(23)25-12-6-7-13-26(25)27/h1-19H. The Morgan fingerprint density at radius 3 is 1.91 bits per heavy atom. The monoisotopic (exact) mass is 442 g/mol. The molecule has 5 aromatic carbocycles. The van der Waals surface area contributed by atoms with E-state index in [1.807, 2.05) is 36.4 Å². The summed E-state index contributed by atoms with van der Waals surface area (Å²) < 4.78 is 0. The van der Waals surface area contributed by atoms with Crippen LogP contribution in [0.1, 0.15) is 0 Å². The summed E-state index contributed by atoms with van der Waals surface area (Å²) in [5.41, 5.74) is 5.15. The zero-order valence-corrected chi connectivity index (χ0v) is 18.5. The number of aromatic nitrogens is 2. The van der Waals surface area contributed by atoms with Crippen LogP contribution in [0.4, 0.5) is 0 Å². The van der Waals surface area contributed by atoms with Crippen LogP contribution in [0, 0.1) is 0 Å². The zero-order chi connectivity index (χ0) is 22.2. The van der Waals surface area contributed by atoms with Crippen molar-refractivity contribution >= 4 is 33.1 Å². The summed E-state index contributed by atoms with van der Waals surface area (Å²) in [6.07, 6.45) is 0. The first-order chi connectivity index (χ1) is 16.3. The van der Waals surface area contributed by atoms with Gasteiger partial charge < -0.3 is 0 Å². The molecule has 0 radical (unpaired) electrons. The number of fused-ring (bicyclic) bond motifs is 3. The van der Waals surface area contributed by atoms with Crippen molar-refractivity contribution in [3.05, 3.63) is 120 Å². The molecule has 0 amide bonds. The van der Waals surface area contributed by atoms with Crippen LogP contribution in [0.15, 0.2) is 115 Å². The molecule has 0 aliphatic rings. The van der Waals surface area contributed by atoms with E-state index in [0.29, 0.717) is 11.0 Å². The third-order valence-electron chi connectivity index (χ3n) is 5.99. The average molecular weight is 443 g/mol. The van der Waals surface area contributed by atoms with Crippen LogP contribution in [-0.4, -0.2) is 9.97 Å². The third-order valence-corrected chi connectivity index (χ3v) is 6.18. The molecule has 0 fully saturated rings. The van der Waals surface area contributed by atoms with E-state index in [1.165, 1.54) is 32.7 Å². The molecule has 3 heteroatoms. The van der Waals surface area contributed by atoms with E-state index in [-0.39, 0.29) is 0 Å². The highest BCUT2D eigenvalue weighted by Crippen LogP contribution is 2.35. The quantitative estimate of drug-likeness (QED) is 0.203. The second kappa shape index (κ2) is 8.16. The van der Waals surface area contributed by atoms with Crippen molar-refractivity contribution in [2.45, 2.75) is 0 Å². The van der Waals surface area contributed by atoms with E-state index in [0.717, 1.165) is 16.8 Å². The van der Waals surface area contributed by atoms with Crippen LogP contribution < -0.4 is 0 Å². The van der Waals surface area contributed by atoms with Crippen LogP contribution in [0.3, 0.4) is 0 Å². The van der Waals surface area contributed by atoms with Gasteiger partial charge >= 0.3 is 0 Å². The van der Waals surface area contributed by atoms with Crippen molar-refractivity contribution in [1.29, 1.82) is 0 Å². The molecule has 1 heterocycles. The molecule has 6 aromatic rings. The second-order valence-corrected chi connectivity index (χ2v) is 8.42. The Hall–Kier alpha value is -4.01. The summed E-state index contributed by atoms with van der Waals surface area (Å²) in [5.74, 6) is 0.627. The van der Waals surface area contributed by atoms with Gasteiger partial charge in [0, 0.05) is 17.2 Å². The fourth-order valence-electron chi connectivity index (χ4n) is 4.40. The van der Waals surface area contributed by atoms with Crippen molar-refractivity contribution in [3.8, 4) is 33.8 Å². The number of halogens is 1. The molecule has 0 atom stereocenters. The molecule has 1 aromatic heterocycles. The lowest BCUT2D eigenvalue weighted by molar-refractivity contribution is 1.18. The summed E-state index contributed by atoms with van der Waals surface area (Å²) in [5, 5.41) is 5.47. The van der Waals surface area contributed by atoms with Gasteiger partial charge in [0.15, 0.2) is 5.82 Å². The molecule has 6 rings (SSSR count). The second-order valence-electron chi connectivity index (χ2n) is 8.03. The maximum atomic E-state index is 6.35. The minimum atomic E-state index is 0.434. The Balaban J connectivity index is 1.45. The van der Waals surface area contributed by atoms with Gasteiger partial charge in [-0.2, -0.15) is 0 Å². The van der Waals surface area contributed by atoms with Gasteiger partial charge in [0.25, 0.3) is 0 Å². The minimum absolute atomic E-state index is 0.434. The first-order valence-electron chi connectivity index (χ1n) is 10.9. The first-order valence-corrected chi connectivity index (χ1v) is 11.3. The normalized spacial score (nSPS) is 11.2. The molecule has 0 N–H and O–H groups in total. The fraction of sp³-hybridized carbons (Fsp3) is 0. The smallest absolute Gasteiger partial charge is 0.161 e. The summed E-state index contributed by atoms with van der Waals surface area (Å²) in [6, 6.07) is 39.7. The van der Waals surface area contributed by atoms with E-state index in [2.05, 4.69) is 83.8 Å². The number of rotatable bonds is 3. The van der Waals surface area contributed by atoms with Crippen molar-refractivity contribution in [2.75, 3.05) is 0 Å². The summed E-state index contributed by atoms with van der Waals surface area (Å²) in [4.78, 5) is 9.18. The maximum absolute atomic E-state index is 6.35. The highest BCUT2D eigenvalue weighted by Gasteiger charge is 2.11. The molecule has 0 bridgehead atoms. The van der Waals surface area contributed by atoms with Crippen molar-refractivity contribution in [1.82, 2.24) is 9.97 Å². The van der Waals surface area contributed by atoms with Crippen LogP contribution in [0.5, 0.6) is 0 Å². The van der Waals surface area contributed by atoms with E-state index in [9.17, 15) is 0 Å². The van der Waals surface area contributed by atoms with E-state index >= 15 is 0 Å². The highest BCUT2D eigenvalue weighted by molar-refractivity contribution is 6.29. The number of benzene rings is 5. The lowest BCUT2D eigenvalue weighted by Crippen LogP contribution is -1.93.